The lowest BCUT2D eigenvalue weighted by Crippen LogP contribution is -2.65. The first-order valence-corrected chi connectivity index (χ1v) is 5.06. The number of carbonyl (C=O) groups is 1. The fourth-order valence-electron chi connectivity index (χ4n) is 1.92. The molecule has 0 saturated carbocycles. The van der Waals surface area contributed by atoms with Crippen molar-refractivity contribution < 1.29 is 9.90 Å². The van der Waals surface area contributed by atoms with Crippen LogP contribution in [0.15, 0.2) is 0 Å². The van der Waals surface area contributed by atoms with Gasteiger partial charge in [-0.2, -0.15) is 0 Å². The highest BCUT2D eigenvalue weighted by Crippen LogP contribution is 2.23. The molecule has 1 unspecified atom stereocenters. The number of aliphatic hydroxyl groups is 1. The molecule has 14 heavy (non-hydrogen) atoms. The Hall–Kier alpha value is -0.610. The Balaban J connectivity index is 2.88. The molecule has 0 radical (unpaired) electrons. The summed E-state index contributed by atoms with van der Waals surface area (Å²) in [6.45, 7) is 7.62. The fourth-order valence-corrected chi connectivity index (χ4v) is 1.92. The Labute approximate surface area is 85.5 Å². The van der Waals surface area contributed by atoms with E-state index in [2.05, 4.69) is 0 Å². The molecule has 1 fully saturated rings. The van der Waals surface area contributed by atoms with Gasteiger partial charge in [0.25, 0.3) is 0 Å². The highest BCUT2D eigenvalue weighted by molar-refractivity contribution is 5.83. The molecule has 1 aliphatic heterocycles. The van der Waals surface area contributed by atoms with Crippen molar-refractivity contribution in [3.8, 4) is 0 Å². The second-order valence-corrected chi connectivity index (χ2v) is 4.47. The predicted octanol–water partition coefficient (Wildman–Crippen LogP) is -0.0802. The minimum atomic E-state index is -0.349. The zero-order valence-electron chi connectivity index (χ0n) is 9.45. The van der Waals surface area contributed by atoms with Gasteiger partial charge in [-0.05, 0) is 20.4 Å². The van der Waals surface area contributed by atoms with Crippen LogP contribution in [0.3, 0.4) is 0 Å². The van der Waals surface area contributed by atoms with Crippen molar-refractivity contribution in [2.75, 3.05) is 26.7 Å². The van der Waals surface area contributed by atoms with Gasteiger partial charge in [0.1, 0.15) is 6.04 Å². The van der Waals surface area contributed by atoms with Crippen molar-refractivity contribution in [1.82, 2.24) is 9.80 Å². The maximum absolute atomic E-state index is 11.9. The van der Waals surface area contributed by atoms with Gasteiger partial charge in [-0.3, -0.25) is 9.69 Å². The van der Waals surface area contributed by atoms with E-state index in [1.54, 1.807) is 11.9 Å². The largest absolute Gasteiger partial charge is 0.394 e. The summed E-state index contributed by atoms with van der Waals surface area (Å²) in [5, 5.41) is 9.16. The molecule has 0 aromatic rings. The molecule has 0 aromatic heterocycles. The second kappa shape index (κ2) is 3.87. The summed E-state index contributed by atoms with van der Waals surface area (Å²) in [5.74, 6) is 0.0191. The monoisotopic (exact) mass is 200 g/mol. The SMILES string of the molecule is CCN1CC(C)(C)N(C)C(=O)C1CO. The minimum absolute atomic E-state index is 0.0191. The minimum Gasteiger partial charge on any atom is -0.394 e. The van der Waals surface area contributed by atoms with Crippen LogP contribution in [-0.2, 0) is 4.79 Å². The van der Waals surface area contributed by atoms with E-state index in [1.807, 2.05) is 25.7 Å². The highest BCUT2D eigenvalue weighted by atomic mass is 16.3. The van der Waals surface area contributed by atoms with Gasteiger partial charge in [0.05, 0.1) is 6.61 Å². The van der Waals surface area contributed by atoms with Gasteiger partial charge in [0.2, 0.25) is 5.91 Å². The Morgan fingerprint density at radius 2 is 2.14 bits per heavy atom. The van der Waals surface area contributed by atoms with Gasteiger partial charge in [0, 0.05) is 19.1 Å². The lowest BCUT2D eigenvalue weighted by atomic mass is 9.96. The van der Waals surface area contributed by atoms with Crippen LogP contribution in [0.2, 0.25) is 0 Å². The molecule has 4 nitrogen and oxygen atoms in total. The lowest BCUT2D eigenvalue weighted by molar-refractivity contribution is -0.150. The third-order valence-corrected chi connectivity index (χ3v) is 3.13. The molecule has 1 saturated heterocycles. The first-order valence-electron chi connectivity index (χ1n) is 5.06. The van der Waals surface area contributed by atoms with Crippen LogP contribution in [-0.4, -0.2) is 59.1 Å². The van der Waals surface area contributed by atoms with Gasteiger partial charge in [-0.1, -0.05) is 6.92 Å². The number of hydrogen-bond acceptors (Lipinski definition) is 3. The molecule has 1 N–H and O–H groups in total. The molecular formula is C10H20N2O2. The van der Waals surface area contributed by atoms with Crippen molar-refractivity contribution in [3.05, 3.63) is 0 Å². The van der Waals surface area contributed by atoms with Gasteiger partial charge < -0.3 is 10.0 Å². The van der Waals surface area contributed by atoms with Crippen LogP contribution in [0.25, 0.3) is 0 Å². The van der Waals surface area contributed by atoms with Gasteiger partial charge >= 0.3 is 0 Å². The Bertz CT molecular complexity index is 228. The number of rotatable bonds is 2. The summed E-state index contributed by atoms with van der Waals surface area (Å²) in [4.78, 5) is 15.6. The van der Waals surface area contributed by atoms with Crippen LogP contribution in [0.1, 0.15) is 20.8 Å². The van der Waals surface area contributed by atoms with Crippen LogP contribution in [0.4, 0.5) is 0 Å². The molecular weight excluding hydrogens is 180 g/mol. The standard InChI is InChI=1S/C10H20N2O2/c1-5-12-7-10(2,3)11(4)9(14)8(12)6-13/h8,13H,5-7H2,1-4H3. The first-order chi connectivity index (χ1) is 6.44. The van der Waals surface area contributed by atoms with Crippen LogP contribution < -0.4 is 0 Å². The molecule has 4 heteroatoms. The van der Waals surface area contributed by atoms with Crippen molar-refractivity contribution in [2.24, 2.45) is 0 Å². The summed E-state index contributed by atoms with van der Waals surface area (Å²) in [6, 6.07) is -0.349. The number of piperazine rings is 1. The third kappa shape index (κ3) is 1.77. The normalized spacial score (nSPS) is 28.2. The van der Waals surface area contributed by atoms with E-state index in [0.717, 1.165) is 13.1 Å². The van der Waals surface area contributed by atoms with Crippen molar-refractivity contribution in [2.45, 2.75) is 32.4 Å². The van der Waals surface area contributed by atoms with Gasteiger partial charge in [-0.15, -0.1) is 0 Å². The quantitative estimate of drug-likeness (QED) is 0.678. The molecule has 82 valence electrons. The molecule has 1 rings (SSSR count). The maximum Gasteiger partial charge on any atom is 0.242 e. The molecule has 0 bridgehead atoms. The molecule has 1 atom stereocenters. The Morgan fingerprint density at radius 1 is 1.57 bits per heavy atom. The van der Waals surface area contributed by atoms with E-state index < -0.39 is 0 Å². The number of likely N-dealkylation sites (N-methyl/N-ethyl adjacent to an activating group) is 2. The lowest BCUT2D eigenvalue weighted by Gasteiger charge is -2.48. The van der Waals surface area contributed by atoms with E-state index in [-0.39, 0.29) is 24.1 Å². The van der Waals surface area contributed by atoms with Crippen molar-refractivity contribution in [1.29, 1.82) is 0 Å². The second-order valence-electron chi connectivity index (χ2n) is 4.47. The first kappa shape index (κ1) is 11.5. The molecule has 0 aromatic carbocycles. The van der Waals surface area contributed by atoms with Crippen LogP contribution in [0, 0.1) is 0 Å². The molecule has 1 amide bonds. The van der Waals surface area contributed by atoms with Crippen molar-refractivity contribution >= 4 is 5.91 Å². The molecule has 0 aliphatic carbocycles. The number of carbonyl (C=O) groups excluding carboxylic acids is 1. The topological polar surface area (TPSA) is 43.8 Å². The fraction of sp³-hybridized carbons (Fsp3) is 0.900. The average molecular weight is 200 g/mol. The number of hydrogen-bond donors (Lipinski definition) is 1. The Morgan fingerprint density at radius 3 is 2.57 bits per heavy atom. The summed E-state index contributed by atoms with van der Waals surface area (Å²) >= 11 is 0. The van der Waals surface area contributed by atoms with Gasteiger partial charge in [-0.25, -0.2) is 0 Å². The molecule has 1 aliphatic rings. The molecule has 0 spiro atoms. The Kier molecular flexibility index (Phi) is 3.17. The van der Waals surface area contributed by atoms with E-state index in [9.17, 15) is 4.79 Å². The third-order valence-electron chi connectivity index (χ3n) is 3.13. The predicted molar refractivity (Wildman–Crippen MR) is 55.0 cm³/mol. The number of aliphatic hydroxyl groups excluding tert-OH is 1. The smallest absolute Gasteiger partial charge is 0.242 e. The summed E-state index contributed by atoms with van der Waals surface area (Å²) in [7, 11) is 1.80. The number of nitrogens with zero attached hydrogens (tertiary/aromatic N) is 2. The summed E-state index contributed by atoms with van der Waals surface area (Å²) in [5.41, 5.74) is -0.140. The van der Waals surface area contributed by atoms with Crippen LogP contribution >= 0.6 is 0 Å². The van der Waals surface area contributed by atoms with E-state index >= 15 is 0 Å². The van der Waals surface area contributed by atoms with Crippen molar-refractivity contribution in [3.63, 3.8) is 0 Å². The van der Waals surface area contributed by atoms with E-state index in [1.165, 1.54) is 0 Å². The summed E-state index contributed by atoms with van der Waals surface area (Å²) < 4.78 is 0. The zero-order valence-corrected chi connectivity index (χ0v) is 9.45. The van der Waals surface area contributed by atoms with E-state index in [4.69, 9.17) is 5.11 Å². The number of amides is 1. The molecule has 1 heterocycles. The maximum atomic E-state index is 11.9. The van der Waals surface area contributed by atoms with Gasteiger partial charge in [0.15, 0.2) is 0 Å². The summed E-state index contributed by atoms with van der Waals surface area (Å²) in [6.07, 6.45) is 0. The highest BCUT2D eigenvalue weighted by Gasteiger charge is 2.41. The zero-order chi connectivity index (χ0) is 10.9. The average Bonchev–Trinajstić information content (AvgIpc) is 2.14. The van der Waals surface area contributed by atoms with Crippen LogP contribution in [0.5, 0.6) is 0 Å². The van der Waals surface area contributed by atoms with E-state index in [0.29, 0.717) is 0 Å².